The van der Waals surface area contributed by atoms with Crippen LogP contribution in [0.3, 0.4) is 0 Å². The number of nitrogens with zero attached hydrogens (tertiary/aromatic N) is 3. The van der Waals surface area contributed by atoms with Crippen molar-refractivity contribution in [1.82, 2.24) is 14.9 Å². The lowest BCUT2D eigenvalue weighted by molar-refractivity contribution is 0.0690. The van der Waals surface area contributed by atoms with E-state index in [1.165, 1.54) is 11.8 Å². The van der Waals surface area contributed by atoms with E-state index in [0.29, 0.717) is 5.92 Å². The van der Waals surface area contributed by atoms with Crippen LogP contribution in [0.2, 0.25) is 0 Å². The maximum atomic E-state index is 10.8. The van der Waals surface area contributed by atoms with Crippen molar-refractivity contribution in [1.29, 1.82) is 0 Å². The first-order chi connectivity index (χ1) is 11.1. The van der Waals surface area contributed by atoms with Gasteiger partial charge < -0.3 is 5.11 Å². The van der Waals surface area contributed by atoms with Crippen LogP contribution in [0.25, 0.3) is 0 Å². The van der Waals surface area contributed by atoms with Gasteiger partial charge >= 0.3 is 5.97 Å². The van der Waals surface area contributed by atoms with E-state index < -0.39 is 5.97 Å². The normalized spacial score (nSPS) is 16.4. The molecule has 0 aliphatic carbocycles. The molecule has 0 spiro atoms. The summed E-state index contributed by atoms with van der Waals surface area (Å²) in [5, 5.41) is 8.84. The SMILES string of the molecule is O=C(O)c1cnc(CN2CCC(c3cccc(Br)c3)CC2)cn1. The highest BCUT2D eigenvalue weighted by Gasteiger charge is 2.21. The van der Waals surface area contributed by atoms with Crippen molar-refractivity contribution in [3.8, 4) is 0 Å². The van der Waals surface area contributed by atoms with Gasteiger partial charge in [0.05, 0.1) is 18.1 Å². The number of aromatic nitrogens is 2. The van der Waals surface area contributed by atoms with Crippen LogP contribution < -0.4 is 0 Å². The number of benzene rings is 1. The maximum Gasteiger partial charge on any atom is 0.356 e. The summed E-state index contributed by atoms with van der Waals surface area (Å²) in [5.41, 5.74) is 2.20. The highest BCUT2D eigenvalue weighted by Crippen LogP contribution is 2.29. The minimum absolute atomic E-state index is 0.0119. The van der Waals surface area contributed by atoms with Gasteiger partial charge in [0.25, 0.3) is 0 Å². The number of hydrogen-bond donors (Lipinski definition) is 1. The molecule has 120 valence electrons. The Kier molecular flexibility index (Phi) is 5.03. The lowest BCUT2D eigenvalue weighted by Gasteiger charge is -2.32. The molecule has 6 heteroatoms. The van der Waals surface area contributed by atoms with E-state index in [0.717, 1.165) is 42.6 Å². The quantitative estimate of drug-likeness (QED) is 0.887. The number of carboxylic acid groups (broad SMARTS) is 1. The molecule has 3 rings (SSSR count). The Bertz CT molecular complexity index is 682. The van der Waals surface area contributed by atoms with Gasteiger partial charge in [-0.3, -0.25) is 9.88 Å². The fraction of sp³-hybridized carbons (Fsp3) is 0.353. The largest absolute Gasteiger partial charge is 0.476 e. The van der Waals surface area contributed by atoms with E-state index in [1.807, 2.05) is 0 Å². The Labute approximate surface area is 143 Å². The minimum Gasteiger partial charge on any atom is -0.476 e. The van der Waals surface area contributed by atoms with Gasteiger partial charge in [0.2, 0.25) is 0 Å². The molecule has 1 saturated heterocycles. The summed E-state index contributed by atoms with van der Waals surface area (Å²) in [6, 6.07) is 8.54. The molecule has 0 atom stereocenters. The molecule has 1 fully saturated rings. The zero-order chi connectivity index (χ0) is 16.2. The highest BCUT2D eigenvalue weighted by atomic mass is 79.9. The van der Waals surface area contributed by atoms with Gasteiger partial charge in [0.15, 0.2) is 5.69 Å². The predicted molar refractivity (Wildman–Crippen MR) is 90.4 cm³/mol. The molecule has 1 aliphatic heterocycles. The molecule has 0 bridgehead atoms. The van der Waals surface area contributed by atoms with Crippen LogP contribution in [0.15, 0.2) is 41.1 Å². The first kappa shape index (κ1) is 16.1. The maximum absolute atomic E-state index is 10.8. The van der Waals surface area contributed by atoms with Crippen molar-refractivity contribution in [3.63, 3.8) is 0 Å². The molecular formula is C17H18BrN3O2. The van der Waals surface area contributed by atoms with E-state index in [4.69, 9.17) is 5.11 Å². The lowest BCUT2D eigenvalue weighted by Crippen LogP contribution is -2.32. The molecule has 0 saturated carbocycles. The van der Waals surface area contributed by atoms with Gasteiger partial charge in [0, 0.05) is 11.0 Å². The third-order valence-corrected chi connectivity index (χ3v) is 4.71. The monoisotopic (exact) mass is 375 g/mol. The van der Waals surface area contributed by atoms with Gasteiger partial charge in [-0.2, -0.15) is 0 Å². The molecule has 1 N–H and O–H groups in total. The van der Waals surface area contributed by atoms with Gasteiger partial charge in [-0.25, -0.2) is 9.78 Å². The molecular weight excluding hydrogens is 358 g/mol. The number of aromatic carboxylic acids is 1. The average Bonchev–Trinajstić information content (AvgIpc) is 2.56. The van der Waals surface area contributed by atoms with Crippen LogP contribution in [-0.2, 0) is 6.54 Å². The van der Waals surface area contributed by atoms with Crippen LogP contribution in [0.1, 0.15) is 40.5 Å². The third kappa shape index (κ3) is 4.14. The third-order valence-electron chi connectivity index (χ3n) is 4.22. The van der Waals surface area contributed by atoms with E-state index in [1.54, 1.807) is 6.20 Å². The molecule has 0 amide bonds. The molecule has 1 aromatic heterocycles. The number of piperidine rings is 1. The van der Waals surface area contributed by atoms with Gasteiger partial charge in [-0.05, 0) is 49.5 Å². The molecule has 1 aromatic carbocycles. The molecule has 2 aromatic rings. The van der Waals surface area contributed by atoms with Crippen molar-refractivity contribution in [3.05, 3.63) is 58.1 Å². The fourth-order valence-electron chi connectivity index (χ4n) is 2.96. The van der Waals surface area contributed by atoms with Crippen LogP contribution >= 0.6 is 15.9 Å². The number of hydrogen-bond acceptors (Lipinski definition) is 4. The Morgan fingerprint density at radius 3 is 2.65 bits per heavy atom. The summed E-state index contributed by atoms with van der Waals surface area (Å²) in [6.45, 7) is 2.75. The number of rotatable bonds is 4. The van der Waals surface area contributed by atoms with Crippen molar-refractivity contribution in [2.45, 2.75) is 25.3 Å². The van der Waals surface area contributed by atoms with E-state index >= 15 is 0 Å². The van der Waals surface area contributed by atoms with Gasteiger partial charge in [-0.1, -0.05) is 28.1 Å². The summed E-state index contributed by atoms with van der Waals surface area (Å²) in [5.74, 6) is -0.442. The second-order valence-electron chi connectivity index (χ2n) is 5.80. The van der Waals surface area contributed by atoms with Crippen LogP contribution in [0.5, 0.6) is 0 Å². The number of carbonyl (C=O) groups is 1. The summed E-state index contributed by atoms with van der Waals surface area (Å²) >= 11 is 3.53. The standard InChI is InChI=1S/C17H18BrN3O2/c18-14-3-1-2-13(8-14)12-4-6-21(7-5-12)11-15-9-20-16(10-19-15)17(22)23/h1-3,8-10,12H,4-7,11H2,(H,22,23). The summed E-state index contributed by atoms with van der Waals surface area (Å²) in [6.07, 6.45) is 5.13. The van der Waals surface area contributed by atoms with Crippen molar-refractivity contribution < 1.29 is 9.90 Å². The Hall–Kier alpha value is -1.79. The Morgan fingerprint density at radius 2 is 2.04 bits per heavy atom. The smallest absolute Gasteiger partial charge is 0.356 e. The first-order valence-electron chi connectivity index (χ1n) is 7.64. The molecule has 2 heterocycles. The Morgan fingerprint density at radius 1 is 1.26 bits per heavy atom. The van der Waals surface area contributed by atoms with Crippen molar-refractivity contribution in [2.24, 2.45) is 0 Å². The summed E-state index contributed by atoms with van der Waals surface area (Å²) < 4.78 is 1.13. The van der Waals surface area contributed by atoms with Crippen LogP contribution in [-0.4, -0.2) is 39.0 Å². The number of halogens is 1. The predicted octanol–water partition coefficient (Wildman–Crippen LogP) is 3.32. The topological polar surface area (TPSA) is 66.3 Å². The number of likely N-dealkylation sites (tertiary alicyclic amines) is 1. The minimum atomic E-state index is -1.04. The molecule has 0 radical (unpaired) electrons. The first-order valence-corrected chi connectivity index (χ1v) is 8.43. The van der Waals surface area contributed by atoms with Crippen molar-refractivity contribution >= 4 is 21.9 Å². The zero-order valence-electron chi connectivity index (χ0n) is 12.7. The molecule has 23 heavy (non-hydrogen) atoms. The summed E-state index contributed by atoms with van der Waals surface area (Å²) in [7, 11) is 0. The molecule has 0 unspecified atom stereocenters. The lowest BCUT2D eigenvalue weighted by atomic mass is 9.89. The second-order valence-corrected chi connectivity index (χ2v) is 6.72. The second kappa shape index (κ2) is 7.19. The van der Waals surface area contributed by atoms with E-state index in [-0.39, 0.29) is 5.69 Å². The summed E-state index contributed by atoms with van der Waals surface area (Å²) in [4.78, 5) is 21.2. The van der Waals surface area contributed by atoms with Crippen LogP contribution in [0.4, 0.5) is 0 Å². The Balaban J connectivity index is 1.55. The van der Waals surface area contributed by atoms with Gasteiger partial charge in [0.1, 0.15) is 0 Å². The zero-order valence-corrected chi connectivity index (χ0v) is 14.2. The van der Waals surface area contributed by atoms with Crippen LogP contribution in [0, 0.1) is 0 Å². The van der Waals surface area contributed by atoms with Crippen molar-refractivity contribution in [2.75, 3.05) is 13.1 Å². The highest BCUT2D eigenvalue weighted by molar-refractivity contribution is 9.10. The van der Waals surface area contributed by atoms with E-state index in [9.17, 15) is 4.79 Å². The fourth-order valence-corrected chi connectivity index (χ4v) is 3.38. The van der Waals surface area contributed by atoms with Gasteiger partial charge in [-0.15, -0.1) is 0 Å². The average molecular weight is 376 g/mol. The number of carboxylic acids is 1. The molecule has 1 aliphatic rings. The molecule has 5 nitrogen and oxygen atoms in total. The van der Waals surface area contributed by atoms with E-state index in [2.05, 4.69) is 55.1 Å².